The molecule has 0 unspecified atom stereocenters. The molecule has 0 saturated carbocycles. The summed E-state index contributed by atoms with van der Waals surface area (Å²) in [4.78, 5) is 18.0. The van der Waals surface area contributed by atoms with Crippen molar-refractivity contribution in [2.75, 3.05) is 0 Å². The van der Waals surface area contributed by atoms with E-state index in [0.29, 0.717) is 28.7 Å². The molecule has 0 aliphatic carbocycles. The maximum Gasteiger partial charge on any atom is 0.249 e. The number of hydrogen-bond donors (Lipinski definition) is 2. The van der Waals surface area contributed by atoms with E-state index in [1.54, 1.807) is 30.5 Å². The molecule has 0 fully saturated rings. The minimum absolute atomic E-state index is 0.235. The first-order chi connectivity index (χ1) is 9.69. The van der Waals surface area contributed by atoms with E-state index in [1.807, 2.05) is 0 Å². The third-order valence-corrected chi connectivity index (χ3v) is 3.19. The SMILES string of the molecule is NCc1ccc(-c2ccnc3[nH]c(=O)ccc23)c(F)c1. The van der Waals surface area contributed by atoms with Crippen molar-refractivity contribution >= 4 is 11.0 Å². The molecule has 0 spiro atoms. The Morgan fingerprint density at radius 2 is 2.00 bits per heavy atom. The highest BCUT2D eigenvalue weighted by molar-refractivity contribution is 5.92. The number of fused-ring (bicyclic) bond motifs is 1. The van der Waals surface area contributed by atoms with E-state index >= 15 is 0 Å². The average molecular weight is 269 g/mol. The number of nitrogens with one attached hydrogen (secondary N) is 1. The maximum atomic E-state index is 14.2. The lowest BCUT2D eigenvalue weighted by Gasteiger charge is -2.08. The van der Waals surface area contributed by atoms with Crippen LogP contribution in [0.2, 0.25) is 0 Å². The Balaban J connectivity index is 2.27. The van der Waals surface area contributed by atoms with E-state index in [1.165, 1.54) is 12.1 Å². The van der Waals surface area contributed by atoms with Crippen molar-refractivity contribution in [3.63, 3.8) is 0 Å². The number of benzene rings is 1. The van der Waals surface area contributed by atoms with Crippen LogP contribution < -0.4 is 11.3 Å². The number of rotatable bonds is 2. The van der Waals surface area contributed by atoms with Crippen LogP contribution in [-0.4, -0.2) is 9.97 Å². The van der Waals surface area contributed by atoms with Crippen molar-refractivity contribution in [3.8, 4) is 11.1 Å². The summed E-state index contributed by atoms with van der Waals surface area (Å²) >= 11 is 0. The summed E-state index contributed by atoms with van der Waals surface area (Å²) in [6.45, 7) is 0.293. The van der Waals surface area contributed by atoms with Crippen LogP contribution in [-0.2, 0) is 6.54 Å². The van der Waals surface area contributed by atoms with Gasteiger partial charge < -0.3 is 10.7 Å². The molecule has 100 valence electrons. The molecule has 4 nitrogen and oxygen atoms in total. The van der Waals surface area contributed by atoms with Crippen LogP contribution in [0.4, 0.5) is 4.39 Å². The fourth-order valence-electron chi connectivity index (χ4n) is 2.20. The largest absolute Gasteiger partial charge is 0.326 e. The smallest absolute Gasteiger partial charge is 0.249 e. The lowest BCUT2D eigenvalue weighted by Crippen LogP contribution is -2.04. The van der Waals surface area contributed by atoms with Gasteiger partial charge in [-0.3, -0.25) is 4.79 Å². The Bertz CT molecular complexity index is 842. The number of aromatic amines is 1. The van der Waals surface area contributed by atoms with E-state index in [4.69, 9.17) is 5.73 Å². The first kappa shape index (κ1) is 12.5. The van der Waals surface area contributed by atoms with Gasteiger partial charge in [-0.2, -0.15) is 0 Å². The molecule has 2 heterocycles. The highest BCUT2D eigenvalue weighted by atomic mass is 19.1. The van der Waals surface area contributed by atoms with Crippen molar-refractivity contribution in [2.45, 2.75) is 6.54 Å². The molecule has 3 aromatic rings. The molecule has 3 N–H and O–H groups in total. The van der Waals surface area contributed by atoms with Crippen LogP contribution in [0.3, 0.4) is 0 Å². The minimum Gasteiger partial charge on any atom is -0.326 e. The molecule has 0 amide bonds. The second kappa shape index (κ2) is 4.86. The van der Waals surface area contributed by atoms with Gasteiger partial charge in [-0.25, -0.2) is 9.37 Å². The topological polar surface area (TPSA) is 71.8 Å². The number of halogens is 1. The predicted molar refractivity (Wildman–Crippen MR) is 75.6 cm³/mol. The summed E-state index contributed by atoms with van der Waals surface area (Å²) in [5.41, 5.74) is 7.59. The molecule has 20 heavy (non-hydrogen) atoms. The van der Waals surface area contributed by atoms with E-state index in [2.05, 4.69) is 9.97 Å². The van der Waals surface area contributed by atoms with Crippen LogP contribution in [0.25, 0.3) is 22.2 Å². The quantitative estimate of drug-likeness (QED) is 0.749. The predicted octanol–water partition coefficient (Wildman–Crippen LogP) is 2.19. The van der Waals surface area contributed by atoms with Crippen molar-refractivity contribution in [1.29, 1.82) is 0 Å². The fraction of sp³-hybridized carbons (Fsp3) is 0.0667. The monoisotopic (exact) mass is 269 g/mol. The molecule has 0 aliphatic rings. The third kappa shape index (κ3) is 2.08. The highest BCUT2D eigenvalue weighted by Crippen LogP contribution is 2.28. The molecular formula is C15H12FN3O. The molecule has 0 atom stereocenters. The molecule has 0 bridgehead atoms. The summed E-state index contributed by atoms with van der Waals surface area (Å²) in [5.74, 6) is -0.341. The Hall–Kier alpha value is -2.53. The van der Waals surface area contributed by atoms with Crippen molar-refractivity contribution in [2.24, 2.45) is 5.73 Å². The Kier molecular flexibility index (Phi) is 3.04. The zero-order valence-electron chi connectivity index (χ0n) is 10.6. The lowest BCUT2D eigenvalue weighted by atomic mass is 10.0. The van der Waals surface area contributed by atoms with Crippen LogP contribution in [0, 0.1) is 5.82 Å². The number of hydrogen-bond acceptors (Lipinski definition) is 3. The van der Waals surface area contributed by atoms with Gasteiger partial charge >= 0.3 is 0 Å². The zero-order valence-corrected chi connectivity index (χ0v) is 10.6. The normalized spacial score (nSPS) is 10.9. The Morgan fingerprint density at radius 3 is 2.75 bits per heavy atom. The van der Waals surface area contributed by atoms with E-state index in [0.717, 1.165) is 5.56 Å². The molecule has 1 aromatic carbocycles. The average Bonchev–Trinajstić information content (AvgIpc) is 2.46. The van der Waals surface area contributed by atoms with Gasteiger partial charge in [-0.1, -0.05) is 12.1 Å². The molecule has 0 aliphatic heterocycles. The number of aromatic nitrogens is 2. The summed E-state index contributed by atoms with van der Waals surface area (Å²) in [6.07, 6.45) is 1.55. The van der Waals surface area contributed by atoms with Crippen LogP contribution >= 0.6 is 0 Å². The van der Waals surface area contributed by atoms with Gasteiger partial charge in [0.1, 0.15) is 11.5 Å². The second-order valence-electron chi connectivity index (χ2n) is 4.46. The van der Waals surface area contributed by atoms with Gasteiger partial charge in [0, 0.05) is 29.8 Å². The van der Waals surface area contributed by atoms with Gasteiger partial charge in [0.2, 0.25) is 5.56 Å². The first-order valence-corrected chi connectivity index (χ1v) is 6.16. The van der Waals surface area contributed by atoms with Crippen LogP contribution in [0.1, 0.15) is 5.56 Å². The van der Waals surface area contributed by atoms with Gasteiger partial charge in [0.05, 0.1) is 0 Å². The minimum atomic E-state index is -0.341. The summed E-state index contributed by atoms with van der Waals surface area (Å²) in [5, 5.41) is 0.700. The number of nitrogens with zero attached hydrogens (tertiary/aromatic N) is 1. The van der Waals surface area contributed by atoms with Crippen molar-refractivity contribution in [3.05, 3.63) is 64.3 Å². The fourth-order valence-corrected chi connectivity index (χ4v) is 2.20. The third-order valence-electron chi connectivity index (χ3n) is 3.19. The van der Waals surface area contributed by atoms with Crippen LogP contribution in [0.15, 0.2) is 47.4 Å². The standard InChI is InChI=1S/C15H12FN3O/c16-13-7-9(8-17)1-2-11(13)10-5-6-18-15-12(10)3-4-14(20)19-15/h1-7H,8,17H2,(H,18,19,20). The molecule has 0 saturated heterocycles. The van der Waals surface area contributed by atoms with Crippen LogP contribution in [0.5, 0.6) is 0 Å². The summed E-state index contributed by atoms with van der Waals surface area (Å²) in [6, 6.07) is 9.68. The molecule has 0 radical (unpaired) electrons. The molecule has 5 heteroatoms. The van der Waals surface area contributed by atoms with Gasteiger partial charge in [-0.05, 0) is 29.3 Å². The van der Waals surface area contributed by atoms with E-state index in [-0.39, 0.29) is 11.4 Å². The lowest BCUT2D eigenvalue weighted by molar-refractivity contribution is 0.629. The van der Waals surface area contributed by atoms with Crippen molar-refractivity contribution in [1.82, 2.24) is 9.97 Å². The molecule has 3 rings (SSSR count). The van der Waals surface area contributed by atoms with Gasteiger partial charge in [0.25, 0.3) is 0 Å². The first-order valence-electron chi connectivity index (χ1n) is 6.16. The summed E-state index contributed by atoms with van der Waals surface area (Å²) < 4.78 is 14.2. The van der Waals surface area contributed by atoms with Crippen molar-refractivity contribution < 1.29 is 4.39 Å². The van der Waals surface area contributed by atoms with Gasteiger partial charge in [0.15, 0.2) is 0 Å². The molecular weight excluding hydrogens is 257 g/mol. The maximum absolute atomic E-state index is 14.2. The Labute approximate surface area is 114 Å². The number of pyridine rings is 2. The Morgan fingerprint density at radius 1 is 1.15 bits per heavy atom. The second-order valence-corrected chi connectivity index (χ2v) is 4.46. The highest BCUT2D eigenvalue weighted by Gasteiger charge is 2.10. The van der Waals surface area contributed by atoms with Gasteiger partial charge in [-0.15, -0.1) is 0 Å². The number of nitrogens with two attached hydrogens (primary N) is 1. The van der Waals surface area contributed by atoms with E-state index < -0.39 is 0 Å². The number of H-pyrrole nitrogens is 1. The zero-order chi connectivity index (χ0) is 14.1. The summed E-state index contributed by atoms with van der Waals surface area (Å²) in [7, 11) is 0. The van der Waals surface area contributed by atoms with E-state index in [9.17, 15) is 9.18 Å². The molecule has 2 aromatic heterocycles.